The Balaban J connectivity index is 2.70. The van der Waals surface area contributed by atoms with Gasteiger partial charge in [0.2, 0.25) is 0 Å². The van der Waals surface area contributed by atoms with Gasteiger partial charge in [0.05, 0.1) is 5.70 Å². The second-order valence-electron chi connectivity index (χ2n) is 2.76. The van der Waals surface area contributed by atoms with Gasteiger partial charge in [-0.2, -0.15) is 5.10 Å². The molecule has 0 atom stereocenters. The number of nitrogens with one attached hydrogen (secondary N) is 2. The lowest BCUT2D eigenvalue weighted by Crippen LogP contribution is -2.02. The van der Waals surface area contributed by atoms with E-state index in [2.05, 4.69) is 29.0 Å². The van der Waals surface area contributed by atoms with E-state index in [1.165, 1.54) is 5.69 Å². The van der Waals surface area contributed by atoms with Gasteiger partial charge >= 0.3 is 0 Å². The maximum absolute atomic E-state index is 4.12. The third kappa shape index (κ3) is 1.87. The predicted molar refractivity (Wildman–Crippen MR) is 50.7 cm³/mol. The Bertz CT molecular complexity index is 262. The molecule has 0 radical (unpaired) electrons. The molecule has 0 fully saturated rings. The highest BCUT2D eigenvalue weighted by Crippen LogP contribution is 2.08. The molecule has 0 amide bonds. The van der Waals surface area contributed by atoms with Gasteiger partial charge in [-0.1, -0.05) is 19.9 Å². The van der Waals surface area contributed by atoms with Crippen molar-refractivity contribution in [2.45, 2.75) is 19.8 Å². The molecule has 0 bridgehead atoms. The van der Waals surface area contributed by atoms with E-state index in [0.717, 1.165) is 24.2 Å². The van der Waals surface area contributed by atoms with E-state index in [-0.39, 0.29) is 0 Å². The molecule has 0 aliphatic rings. The van der Waals surface area contributed by atoms with Crippen LogP contribution in [-0.4, -0.2) is 17.2 Å². The second-order valence-corrected chi connectivity index (χ2v) is 2.76. The first-order valence-corrected chi connectivity index (χ1v) is 4.19. The number of aromatic amines is 1. The average Bonchev–Trinajstić information content (AvgIpc) is 2.52. The van der Waals surface area contributed by atoms with Crippen LogP contribution in [0, 0.1) is 0 Å². The van der Waals surface area contributed by atoms with E-state index in [1.807, 2.05) is 13.1 Å². The molecule has 0 aliphatic heterocycles. The molecule has 66 valence electrons. The minimum absolute atomic E-state index is 0.855. The quantitative estimate of drug-likeness (QED) is 0.710. The maximum atomic E-state index is 4.12. The standard InChI is InChI=1S/C9H15N3/c1-4-5-8-6-9(12-11-8)7(2)10-3/h6,10H,2,4-5H2,1,3H3,(H,11,12). The Labute approximate surface area is 72.9 Å². The number of nitrogens with zero attached hydrogens (tertiary/aromatic N) is 1. The lowest BCUT2D eigenvalue weighted by molar-refractivity contribution is 0.866. The summed E-state index contributed by atoms with van der Waals surface area (Å²) >= 11 is 0. The maximum Gasteiger partial charge on any atom is 0.108 e. The lowest BCUT2D eigenvalue weighted by atomic mass is 10.2. The summed E-state index contributed by atoms with van der Waals surface area (Å²) in [6, 6.07) is 2.03. The molecule has 0 aliphatic carbocycles. The zero-order valence-corrected chi connectivity index (χ0v) is 7.65. The summed E-state index contributed by atoms with van der Waals surface area (Å²) in [7, 11) is 1.84. The second kappa shape index (κ2) is 3.95. The molecule has 1 aromatic heterocycles. The van der Waals surface area contributed by atoms with Crippen LogP contribution in [0.3, 0.4) is 0 Å². The van der Waals surface area contributed by atoms with E-state index < -0.39 is 0 Å². The third-order valence-corrected chi connectivity index (χ3v) is 1.76. The normalized spacial score (nSPS) is 9.83. The number of H-pyrrole nitrogens is 1. The largest absolute Gasteiger partial charge is 0.387 e. The topological polar surface area (TPSA) is 40.7 Å². The minimum Gasteiger partial charge on any atom is -0.387 e. The van der Waals surface area contributed by atoms with Crippen LogP contribution >= 0.6 is 0 Å². The van der Waals surface area contributed by atoms with Crippen LogP contribution in [-0.2, 0) is 6.42 Å². The summed E-state index contributed by atoms with van der Waals surface area (Å²) in [6.07, 6.45) is 2.18. The van der Waals surface area contributed by atoms with Crippen LogP contribution in [0.2, 0.25) is 0 Å². The molecule has 0 saturated carbocycles. The summed E-state index contributed by atoms with van der Waals surface area (Å²) in [4.78, 5) is 0. The Kier molecular flexibility index (Phi) is 2.91. The van der Waals surface area contributed by atoms with Crippen LogP contribution in [0.5, 0.6) is 0 Å². The molecule has 0 saturated heterocycles. The molecule has 0 unspecified atom stereocenters. The Morgan fingerprint density at radius 3 is 3.08 bits per heavy atom. The SMILES string of the molecule is C=C(NC)c1cc(CCC)[nH]n1. The minimum atomic E-state index is 0.855. The zero-order chi connectivity index (χ0) is 8.97. The number of aryl methyl sites for hydroxylation is 1. The third-order valence-electron chi connectivity index (χ3n) is 1.76. The number of aromatic nitrogens is 2. The van der Waals surface area contributed by atoms with E-state index >= 15 is 0 Å². The highest BCUT2D eigenvalue weighted by molar-refractivity contribution is 5.57. The van der Waals surface area contributed by atoms with Gasteiger partial charge in [0.25, 0.3) is 0 Å². The van der Waals surface area contributed by atoms with Crippen LogP contribution in [0.15, 0.2) is 12.6 Å². The summed E-state index contributed by atoms with van der Waals surface area (Å²) in [5, 5.41) is 10.0. The van der Waals surface area contributed by atoms with Crippen molar-refractivity contribution in [3.8, 4) is 0 Å². The first-order chi connectivity index (χ1) is 5.77. The molecule has 12 heavy (non-hydrogen) atoms. The molecule has 1 rings (SSSR count). The van der Waals surface area contributed by atoms with Gasteiger partial charge in [0, 0.05) is 12.7 Å². The summed E-state index contributed by atoms with van der Waals surface area (Å²) < 4.78 is 0. The van der Waals surface area contributed by atoms with Gasteiger partial charge in [0.1, 0.15) is 5.69 Å². The van der Waals surface area contributed by atoms with Crippen molar-refractivity contribution < 1.29 is 0 Å². The van der Waals surface area contributed by atoms with Crippen LogP contribution < -0.4 is 5.32 Å². The van der Waals surface area contributed by atoms with E-state index in [9.17, 15) is 0 Å². The fraction of sp³-hybridized carbons (Fsp3) is 0.444. The zero-order valence-electron chi connectivity index (χ0n) is 7.65. The monoisotopic (exact) mass is 165 g/mol. The van der Waals surface area contributed by atoms with Crippen molar-refractivity contribution in [1.29, 1.82) is 0 Å². The first-order valence-electron chi connectivity index (χ1n) is 4.19. The number of hydrogen-bond donors (Lipinski definition) is 2. The van der Waals surface area contributed by atoms with Crippen molar-refractivity contribution >= 4 is 5.70 Å². The average molecular weight is 165 g/mol. The Morgan fingerprint density at radius 2 is 2.50 bits per heavy atom. The fourth-order valence-electron chi connectivity index (χ4n) is 1.04. The number of rotatable bonds is 4. The molecular formula is C9H15N3. The van der Waals surface area contributed by atoms with Crippen molar-refractivity contribution in [3.05, 3.63) is 24.0 Å². The molecule has 3 nitrogen and oxygen atoms in total. The smallest absolute Gasteiger partial charge is 0.108 e. The van der Waals surface area contributed by atoms with Gasteiger partial charge < -0.3 is 5.32 Å². The lowest BCUT2D eigenvalue weighted by Gasteiger charge is -1.96. The summed E-state index contributed by atoms with van der Waals surface area (Å²) in [5.41, 5.74) is 2.93. The predicted octanol–water partition coefficient (Wildman–Crippen LogP) is 1.55. The van der Waals surface area contributed by atoms with Crippen LogP contribution in [0.1, 0.15) is 24.7 Å². The molecule has 1 aromatic rings. The van der Waals surface area contributed by atoms with Gasteiger partial charge in [0.15, 0.2) is 0 Å². The van der Waals surface area contributed by atoms with Gasteiger partial charge in [-0.15, -0.1) is 0 Å². The van der Waals surface area contributed by atoms with E-state index in [4.69, 9.17) is 0 Å². The molecule has 0 aromatic carbocycles. The summed E-state index contributed by atoms with van der Waals surface area (Å²) in [6.45, 7) is 5.97. The van der Waals surface area contributed by atoms with Crippen LogP contribution in [0.4, 0.5) is 0 Å². The molecule has 3 heteroatoms. The molecule has 1 heterocycles. The van der Waals surface area contributed by atoms with E-state index in [1.54, 1.807) is 0 Å². The highest BCUT2D eigenvalue weighted by atomic mass is 15.1. The fourth-order valence-corrected chi connectivity index (χ4v) is 1.04. The number of hydrogen-bond acceptors (Lipinski definition) is 2. The van der Waals surface area contributed by atoms with Crippen molar-refractivity contribution in [2.24, 2.45) is 0 Å². The van der Waals surface area contributed by atoms with Gasteiger partial charge in [-0.3, -0.25) is 5.10 Å². The van der Waals surface area contributed by atoms with Gasteiger partial charge in [-0.05, 0) is 12.5 Å². The van der Waals surface area contributed by atoms with E-state index in [0.29, 0.717) is 0 Å². The summed E-state index contributed by atoms with van der Waals surface area (Å²) in [5.74, 6) is 0. The molecule has 0 spiro atoms. The molecular weight excluding hydrogens is 150 g/mol. The van der Waals surface area contributed by atoms with Crippen molar-refractivity contribution in [3.63, 3.8) is 0 Å². The van der Waals surface area contributed by atoms with Gasteiger partial charge in [-0.25, -0.2) is 0 Å². The van der Waals surface area contributed by atoms with Crippen LogP contribution in [0.25, 0.3) is 5.70 Å². The Morgan fingerprint density at radius 1 is 1.75 bits per heavy atom. The first kappa shape index (κ1) is 8.84. The highest BCUT2D eigenvalue weighted by Gasteiger charge is 2.01. The van der Waals surface area contributed by atoms with Crippen molar-refractivity contribution in [2.75, 3.05) is 7.05 Å². The van der Waals surface area contributed by atoms with Crippen molar-refractivity contribution in [1.82, 2.24) is 15.5 Å². The Hall–Kier alpha value is -1.25. The molecule has 2 N–H and O–H groups in total.